The third kappa shape index (κ3) is 6.77. The molecule has 0 spiro atoms. The number of carbonyl (C=O) groups is 2. The molecule has 5 heteroatoms. The van der Waals surface area contributed by atoms with Gasteiger partial charge in [0.25, 0.3) is 0 Å². The Bertz CT molecular complexity index is 196. The van der Waals surface area contributed by atoms with Crippen LogP contribution in [0.1, 0.15) is 20.3 Å². The molecule has 0 saturated carbocycles. The molecule has 82 valence electrons. The summed E-state index contributed by atoms with van der Waals surface area (Å²) in [5, 5.41) is 11.1. The Hall–Kier alpha value is -0.710. The number of carboxylic acid groups (broad SMARTS) is 1. The van der Waals surface area contributed by atoms with Gasteiger partial charge in [0.2, 0.25) is 5.91 Å². The molecule has 1 unspecified atom stereocenters. The van der Waals surface area contributed by atoms with Gasteiger partial charge in [-0.3, -0.25) is 9.59 Å². The van der Waals surface area contributed by atoms with Crippen LogP contribution in [0.15, 0.2) is 0 Å². The Morgan fingerprint density at radius 1 is 1.50 bits per heavy atom. The van der Waals surface area contributed by atoms with Crippen LogP contribution in [0.2, 0.25) is 0 Å². The molecule has 0 rings (SSSR count). The van der Waals surface area contributed by atoms with Gasteiger partial charge in [-0.2, -0.15) is 11.8 Å². The monoisotopic (exact) mass is 219 g/mol. The van der Waals surface area contributed by atoms with Crippen molar-refractivity contribution < 1.29 is 14.7 Å². The van der Waals surface area contributed by atoms with Gasteiger partial charge in [0.15, 0.2) is 0 Å². The van der Waals surface area contributed by atoms with Gasteiger partial charge in [0, 0.05) is 6.54 Å². The Balaban J connectivity index is 3.48. The smallest absolute Gasteiger partial charge is 0.308 e. The SMILES string of the molecule is CCCSCC(=O)NCC(C)C(=O)O. The lowest BCUT2D eigenvalue weighted by Gasteiger charge is -2.07. The van der Waals surface area contributed by atoms with Gasteiger partial charge >= 0.3 is 5.97 Å². The van der Waals surface area contributed by atoms with Crippen LogP contribution in [-0.2, 0) is 9.59 Å². The Morgan fingerprint density at radius 3 is 2.64 bits per heavy atom. The lowest BCUT2D eigenvalue weighted by Crippen LogP contribution is -2.32. The van der Waals surface area contributed by atoms with E-state index in [0.717, 1.165) is 12.2 Å². The second-order valence-electron chi connectivity index (χ2n) is 3.10. The molecule has 1 atom stereocenters. The van der Waals surface area contributed by atoms with Crippen LogP contribution >= 0.6 is 11.8 Å². The van der Waals surface area contributed by atoms with Crippen molar-refractivity contribution in [3.63, 3.8) is 0 Å². The first kappa shape index (κ1) is 13.3. The summed E-state index contributed by atoms with van der Waals surface area (Å²) in [5.41, 5.74) is 0. The molecule has 1 amide bonds. The fraction of sp³-hybridized carbons (Fsp3) is 0.778. The zero-order valence-electron chi connectivity index (χ0n) is 8.58. The van der Waals surface area contributed by atoms with E-state index in [4.69, 9.17) is 5.11 Å². The predicted octanol–water partition coefficient (Wildman–Crippen LogP) is 0.967. The molecule has 0 aromatic heterocycles. The van der Waals surface area contributed by atoms with Crippen molar-refractivity contribution in [1.29, 1.82) is 0 Å². The van der Waals surface area contributed by atoms with Crippen molar-refractivity contribution in [3.05, 3.63) is 0 Å². The number of thioether (sulfide) groups is 1. The van der Waals surface area contributed by atoms with Gasteiger partial charge in [0.1, 0.15) is 0 Å². The fourth-order valence-electron chi connectivity index (χ4n) is 0.714. The second kappa shape index (κ2) is 7.67. The molecular formula is C9H17NO3S. The van der Waals surface area contributed by atoms with Crippen molar-refractivity contribution in [3.8, 4) is 0 Å². The predicted molar refractivity (Wildman–Crippen MR) is 57.4 cm³/mol. The number of hydrogen-bond acceptors (Lipinski definition) is 3. The van der Waals surface area contributed by atoms with Crippen LogP contribution in [-0.4, -0.2) is 35.0 Å². The van der Waals surface area contributed by atoms with Crippen LogP contribution < -0.4 is 5.32 Å². The van der Waals surface area contributed by atoms with Gasteiger partial charge in [-0.1, -0.05) is 13.8 Å². The van der Waals surface area contributed by atoms with Crippen molar-refractivity contribution in [2.75, 3.05) is 18.1 Å². The number of rotatable bonds is 7. The lowest BCUT2D eigenvalue weighted by atomic mass is 10.2. The summed E-state index contributed by atoms with van der Waals surface area (Å²) in [5.74, 6) is -0.111. The van der Waals surface area contributed by atoms with Gasteiger partial charge in [-0.25, -0.2) is 0 Å². The fourth-order valence-corrected chi connectivity index (χ4v) is 1.43. The Kier molecular flexibility index (Phi) is 7.28. The minimum Gasteiger partial charge on any atom is -0.481 e. The normalized spacial score (nSPS) is 12.1. The van der Waals surface area contributed by atoms with Crippen molar-refractivity contribution >= 4 is 23.6 Å². The largest absolute Gasteiger partial charge is 0.481 e. The van der Waals surface area contributed by atoms with E-state index in [2.05, 4.69) is 12.2 Å². The molecular weight excluding hydrogens is 202 g/mol. The minimum atomic E-state index is -0.883. The zero-order chi connectivity index (χ0) is 11.0. The molecule has 0 radical (unpaired) electrons. The molecule has 0 aromatic rings. The lowest BCUT2D eigenvalue weighted by molar-refractivity contribution is -0.141. The molecule has 0 aliphatic carbocycles. The summed E-state index contributed by atoms with van der Waals surface area (Å²) in [6, 6.07) is 0. The third-order valence-electron chi connectivity index (χ3n) is 1.61. The van der Waals surface area contributed by atoms with E-state index in [1.807, 2.05) is 0 Å². The maximum Gasteiger partial charge on any atom is 0.308 e. The standard InChI is InChI=1S/C9H17NO3S/c1-3-4-14-6-8(11)10-5-7(2)9(12)13/h7H,3-6H2,1-2H3,(H,10,11)(H,12,13). The maximum absolute atomic E-state index is 11.1. The highest BCUT2D eigenvalue weighted by Gasteiger charge is 2.11. The van der Waals surface area contributed by atoms with E-state index < -0.39 is 11.9 Å². The first-order chi connectivity index (χ1) is 6.57. The summed E-state index contributed by atoms with van der Waals surface area (Å²) in [6.07, 6.45) is 1.05. The summed E-state index contributed by atoms with van der Waals surface area (Å²) in [6.45, 7) is 3.83. The summed E-state index contributed by atoms with van der Waals surface area (Å²) < 4.78 is 0. The number of amides is 1. The highest BCUT2D eigenvalue weighted by molar-refractivity contribution is 7.99. The maximum atomic E-state index is 11.1. The quantitative estimate of drug-likeness (QED) is 0.626. The van der Waals surface area contributed by atoms with Gasteiger partial charge in [-0.05, 0) is 12.2 Å². The van der Waals surface area contributed by atoms with E-state index in [0.29, 0.717) is 5.75 Å². The van der Waals surface area contributed by atoms with Crippen LogP contribution in [0.4, 0.5) is 0 Å². The molecule has 14 heavy (non-hydrogen) atoms. The van der Waals surface area contributed by atoms with Crippen molar-refractivity contribution in [1.82, 2.24) is 5.32 Å². The summed E-state index contributed by atoms with van der Waals surface area (Å²) in [4.78, 5) is 21.5. The Morgan fingerprint density at radius 2 is 2.14 bits per heavy atom. The average Bonchev–Trinajstić information content (AvgIpc) is 2.14. The number of carbonyl (C=O) groups excluding carboxylic acids is 1. The van der Waals surface area contributed by atoms with Crippen LogP contribution in [0.25, 0.3) is 0 Å². The van der Waals surface area contributed by atoms with Crippen LogP contribution in [0.3, 0.4) is 0 Å². The van der Waals surface area contributed by atoms with E-state index in [1.54, 1.807) is 18.7 Å². The van der Waals surface area contributed by atoms with E-state index in [1.165, 1.54) is 0 Å². The summed E-state index contributed by atoms with van der Waals surface area (Å²) >= 11 is 1.56. The van der Waals surface area contributed by atoms with Crippen molar-refractivity contribution in [2.24, 2.45) is 5.92 Å². The molecule has 4 nitrogen and oxygen atoms in total. The topological polar surface area (TPSA) is 66.4 Å². The summed E-state index contributed by atoms with van der Waals surface area (Å²) in [7, 11) is 0. The highest BCUT2D eigenvalue weighted by Crippen LogP contribution is 2.01. The Labute approximate surface area is 88.4 Å². The average molecular weight is 219 g/mol. The number of carboxylic acids is 1. The molecule has 0 aliphatic heterocycles. The zero-order valence-corrected chi connectivity index (χ0v) is 9.39. The van der Waals surface area contributed by atoms with E-state index >= 15 is 0 Å². The highest BCUT2D eigenvalue weighted by atomic mass is 32.2. The second-order valence-corrected chi connectivity index (χ2v) is 4.20. The number of hydrogen-bond donors (Lipinski definition) is 2. The third-order valence-corrected chi connectivity index (χ3v) is 2.77. The molecule has 0 saturated heterocycles. The number of nitrogens with one attached hydrogen (secondary N) is 1. The van der Waals surface area contributed by atoms with Crippen LogP contribution in [0.5, 0.6) is 0 Å². The molecule has 0 fully saturated rings. The molecule has 0 aromatic carbocycles. The van der Waals surface area contributed by atoms with Crippen molar-refractivity contribution in [2.45, 2.75) is 20.3 Å². The van der Waals surface area contributed by atoms with Gasteiger partial charge in [-0.15, -0.1) is 0 Å². The molecule has 2 N–H and O–H groups in total. The van der Waals surface area contributed by atoms with E-state index in [9.17, 15) is 9.59 Å². The first-order valence-electron chi connectivity index (χ1n) is 4.65. The first-order valence-corrected chi connectivity index (χ1v) is 5.80. The number of aliphatic carboxylic acids is 1. The molecule has 0 bridgehead atoms. The molecule has 0 heterocycles. The van der Waals surface area contributed by atoms with E-state index in [-0.39, 0.29) is 12.5 Å². The van der Waals surface area contributed by atoms with Gasteiger partial charge < -0.3 is 10.4 Å². The van der Waals surface area contributed by atoms with Gasteiger partial charge in [0.05, 0.1) is 11.7 Å². The molecule has 0 aliphatic rings. The minimum absolute atomic E-state index is 0.0865. The van der Waals surface area contributed by atoms with Crippen LogP contribution in [0, 0.1) is 5.92 Å².